The number of hydrogen-bond acceptors (Lipinski definition) is 3. The van der Waals surface area contributed by atoms with Crippen LogP contribution >= 0.6 is 0 Å². The van der Waals surface area contributed by atoms with Crippen molar-refractivity contribution in [3.05, 3.63) is 59.7 Å². The van der Waals surface area contributed by atoms with Crippen molar-refractivity contribution in [1.82, 2.24) is 0 Å². The van der Waals surface area contributed by atoms with Gasteiger partial charge in [-0.2, -0.15) is 0 Å². The van der Waals surface area contributed by atoms with Gasteiger partial charge in [-0.25, -0.2) is 0 Å². The van der Waals surface area contributed by atoms with Crippen molar-refractivity contribution in [2.45, 2.75) is 12.3 Å². The fraction of sp³-hybridized carbons (Fsp3) is 0.294. The number of para-hydroxylation sites is 1. The van der Waals surface area contributed by atoms with Gasteiger partial charge in [0.1, 0.15) is 11.5 Å². The molecular weight excluding hydrogens is 252 g/mol. The molecule has 0 aliphatic heterocycles. The normalized spacial score (nSPS) is 11.9. The molecule has 2 rings (SSSR count). The van der Waals surface area contributed by atoms with Crippen LogP contribution in [0.5, 0.6) is 11.5 Å². The van der Waals surface area contributed by atoms with E-state index in [1.54, 1.807) is 14.2 Å². The van der Waals surface area contributed by atoms with Crippen LogP contribution in [0.2, 0.25) is 0 Å². The minimum atomic E-state index is 0.0291. The number of hydrogen-bond donors (Lipinski definition) is 1. The molecule has 1 N–H and O–H groups in total. The lowest BCUT2D eigenvalue weighted by molar-refractivity contribution is 0.263. The van der Waals surface area contributed by atoms with Crippen molar-refractivity contribution in [3.63, 3.8) is 0 Å². The molecule has 0 aromatic heterocycles. The Labute approximate surface area is 119 Å². The zero-order chi connectivity index (χ0) is 14.4. The summed E-state index contributed by atoms with van der Waals surface area (Å²) in [6.07, 6.45) is 0.730. The van der Waals surface area contributed by atoms with Gasteiger partial charge in [0, 0.05) is 5.92 Å². The molecule has 106 valence electrons. The van der Waals surface area contributed by atoms with Gasteiger partial charge in [-0.3, -0.25) is 0 Å². The molecule has 0 fully saturated rings. The zero-order valence-corrected chi connectivity index (χ0v) is 11.9. The number of methoxy groups -OCH3 is 2. The van der Waals surface area contributed by atoms with E-state index in [0.29, 0.717) is 0 Å². The Balaban J connectivity index is 2.24. The summed E-state index contributed by atoms with van der Waals surface area (Å²) in [7, 11) is 3.31. The summed E-state index contributed by atoms with van der Waals surface area (Å²) in [6, 6.07) is 15.7. The molecule has 0 amide bonds. The monoisotopic (exact) mass is 272 g/mol. The van der Waals surface area contributed by atoms with Crippen LogP contribution in [0.25, 0.3) is 0 Å². The zero-order valence-electron chi connectivity index (χ0n) is 11.9. The highest BCUT2D eigenvalue weighted by atomic mass is 16.5. The van der Waals surface area contributed by atoms with Gasteiger partial charge >= 0.3 is 0 Å². The van der Waals surface area contributed by atoms with Crippen molar-refractivity contribution < 1.29 is 14.6 Å². The number of benzene rings is 2. The largest absolute Gasteiger partial charge is 0.497 e. The lowest BCUT2D eigenvalue weighted by atomic mass is 9.92. The van der Waals surface area contributed by atoms with Gasteiger partial charge in [-0.1, -0.05) is 30.3 Å². The quantitative estimate of drug-likeness (QED) is 0.878. The average molecular weight is 272 g/mol. The van der Waals surface area contributed by atoms with Gasteiger partial charge in [0.2, 0.25) is 0 Å². The summed E-state index contributed by atoms with van der Waals surface area (Å²) in [5, 5.41) is 9.69. The molecular formula is C17H20O3. The Kier molecular flexibility index (Phi) is 5.02. The van der Waals surface area contributed by atoms with Crippen molar-refractivity contribution in [3.8, 4) is 11.5 Å². The maximum Gasteiger partial charge on any atom is 0.122 e. The van der Waals surface area contributed by atoms with Crippen molar-refractivity contribution >= 4 is 0 Å². The Bertz CT molecular complexity index is 551. The molecule has 0 saturated heterocycles. The van der Waals surface area contributed by atoms with E-state index in [-0.39, 0.29) is 12.5 Å². The van der Waals surface area contributed by atoms with Crippen molar-refractivity contribution in [2.75, 3.05) is 20.8 Å². The average Bonchev–Trinajstić information content (AvgIpc) is 2.53. The summed E-state index contributed by atoms with van der Waals surface area (Å²) in [4.78, 5) is 0. The molecule has 0 heterocycles. The first-order chi connectivity index (χ1) is 9.78. The van der Waals surface area contributed by atoms with Crippen LogP contribution in [0.4, 0.5) is 0 Å². The standard InChI is InChI=1S/C17H20O3/c1-19-16-8-5-7-13(11-16)15(12-18)10-14-6-3-4-9-17(14)20-2/h3-9,11,15,18H,10,12H2,1-2H3. The van der Waals surface area contributed by atoms with Crippen molar-refractivity contribution in [2.24, 2.45) is 0 Å². The number of aliphatic hydroxyl groups excluding tert-OH is 1. The highest BCUT2D eigenvalue weighted by molar-refractivity contribution is 5.37. The van der Waals surface area contributed by atoms with Gasteiger partial charge in [-0.15, -0.1) is 0 Å². The predicted octanol–water partition coefficient (Wildman–Crippen LogP) is 3.02. The number of ether oxygens (including phenoxy) is 2. The summed E-state index contributed by atoms with van der Waals surface area (Å²) in [5.74, 6) is 1.69. The van der Waals surface area contributed by atoms with Gasteiger partial charge < -0.3 is 14.6 Å². The first-order valence-corrected chi connectivity index (χ1v) is 6.65. The van der Waals surface area contributed by atoms with E-state index in [0.717, 1.165) is 29.0 Å². The van der Waals surface area contributed by atoms with Crippen LogP contribution in [0.15, 0.2) is 48.5 Å². The topological polar surface area (TPSA) is 38.7 Å². The van der Waals surface area contributed by atoms with Crippen LogP contribution in [0, 0.1) is 0 Å². The Morgan fingerprint density at radius 1 is 1.00 bits per heavy atom. The molecule has 2 aromatic carbocycles. The number of aliphatic hydroxyl groups is 1. The van der Waals surface area contributed by atoms with E-state index in [1.165, 1.54) is 0 Å². The SMILES string of the molecule is COc1cccc(C(CO)Cc2ccccc2OC)c1. The Morgan fingerprint density at radius 2 is 1.80 bits per heavy atom. The van der Waals surface area contributed by atoms with Crippen LogP contribution < -0.4 is 9.47 Å². The van der Waals surface area contributed by atoms with E-state index >= 15 is 0 Å². The minimum absolute atomic E-state index is 0.0291. The van der Waals surface area contributed by atoms with Crippen LogP contribution in [0.3, 0.4) is 0 Å². The third-order valence-electron chi connectivity index (χ3n) is 3.44. The fourth-order valence-electron chi connectivity index (χ4n) is 2.32. The van der Waals surface area contributed by atoms with Gasteiger partial charge in [0.15, 0.2) is 0 Å². The molecule has 0 radical (unpaired) electrons. The minimum Gasteiger partial charge on any atom is -0.497 e. The van der Waals surface area contributed by atoms with E-state index in [4.69, 9.17) is 9.47 Å². The molecule has 1 atom stereocenters. The second-order valence-corrected chi connectivity index (χ2v) is 4.67. The van der Waals surface area contributed by atoms with Crippen molar-refractivity contribution in [1.29, 1.82) is 0 Å². The first-order valence-electron chi connectivity index (χ1n) is 6.65. The summed E-state index contributed by atoms with van der Waals surface area (Å²) in [5.41, 5.74) is 2.16. The molecule has 3 nitrogen and oxygen atoms in total. The van der Waals surface area contributed by atoms with Crippen LogP contribution in [-0.2, 0) is 6.42 Å². The van der Waals surface area contributed by atoms with E-state index in [1.807, 2.05) is 48.5 Å². The highest BCUT2D eigenvalue weighted by Gasteiger charge is 2.14. The second-order valence-electron chi connectivity index (χ2n) is 4.67. The lowest BCUT2D eigenvalue weighted by Gasteiger charge is -2.17. The van der Waals surface area contributed by atoms with Gasteiger partial charge in [0.05, 0.1) is 20.8 Å². The van der Waals surface area contributed by atoms with E-state index in [9.17, 15) is 5.11 Å². The third kappa shape index (κ3) is 3.31. The molecule has 0 bridgehead atoms. The smallest absolute Gasteiger partial charge is 0.122 e. The highest BCUT2D eigenvalue weighted by Crippen LogP contribution is 2.27. The molecule has 0 aliphatic carbocycles. The molecule has 0 saturated carbocycles. The van der Waals surface area contributed by atoms with E-state index in [2.05, 4.69) is 0 Å². The summed E-state index contributed by atoms with van der Waals surface area (Å²) in [6.45, 7) is 0.0885. The summed E-state index contributed by atoms with van der Waals surface area (Å²) < 4.78 is 10.6. The molecule has 0 spiro atoms. The van der Waals surface area contributed by atoms with Gasteiger partial charge in [0.25, 0.3) is 0 Å². The molecule has 20 heavy (non-hydrogen) atoms. The number of rotatable bonds is 6. The van der Waals surface area contributed by atoms with Crippen LogP contribution in [0.1, 0.15) is 17.0 Å². The Hall–Kier alpha value is -2.00. The maximum absolute atomic E-state index is 9.69. The molecule has 1 unspecified atom stereocenters. The summed E-state index contributed by atoms with van der Waals surface area (Å²) >= 11 is 0. The predicted molar refractivity (Wildman–Crippen MR) is 79.5 cm³/mol. The van der Waals surface area contributed by atoms with Crippen LogP contribution in [-0.4, -0.2) is 25.9 Å². The first kappa shape index (κ1) is 14.4. The maximum atomic E-state index is 9.69. The molecule has 3 heteroatoms. The molecule has 2 aromatic rings. The van der Waals surface area contributed by atoms with Gasteiger partial charge in [-0.05, 0) is 35.7 Å². The third-order valence-corrected chi connectivity index (χ3v) is 3.44. The Morgan fingerprint density at radius 3 is 2.50 bits per heavy atom. The second kappa shape index (κ2) is 6.96. The lowest BCUT2D eigenvalue weighted by Crippen LogP contribution is -2.08. The van der Waals surface area contributed by atoms with E-state index < -0.39 is 0 Å². The molecule has 0 aliphatic rings. The fourth-order valence-corrected chi connectivity index (χ4v) is 2.32.